The number of carbonyl (C=O) groups excluding carboxylic acids is 1. The van der Waals surface area contributed by atoms with Gasteiger partial charge in [-0.2, -0.15) is 4.72 Å². The van der Waals surface area contributed by atoms with Crippen molar-refractivity contribution in [1.29, 1.82) is 0 Å². The van der Waals surface area contributed by atoms with Crippen molar-refractivity contribution in [1.82, 2.24) is 14.1 Å². The zero-order chi connectivity index (χ0) is 21.2. The lowest BCUT2D eigenvalue weighted by molar-refractivity contribution is -0.143. The largest absolute Gasteiger partial charge is 0.458 e. The SMILES string of the molecule is Cc1ccc(C)c(S(=O)(=O)NCC(=O)OCc2cc(=O)n3cccc(C)c3n2)c1. The number of nitrogens with one attached hydrogen (secondary N) is 1. The summed E-state index contributed by atoms with van der Waals surface area (Å²) in [5.74, 6) is -0.773. The van der Waals surface area contributed by atoms with Gasteiger partial charge in [0.1, 0.15) is 18.8 Å². The molecule has 2 aromatic heterocycles. The minimum absolute atomic E-state index is 0.116. The molecule has 0 aliphatic carbocycles. The number of fused-ring (bicyclic) bond motifs is 1. The fourth-order valence-electron chi connectivity index (χ4n) is 2.82. The topological polar surface area (TPSA) is 107 Å². The summed E-state index contributed by atoms with van der Waals surface area (Å²) in [4.78, 5) is 28.6. The first-order chi connectivity index (χ1) is 13.7. The third-order valence-corrected chi connectivity index (χ3v) is 5.90. The van der Waals surface area contributed by atoms with Gasteiger partial charge < -0.3 is 4.74 Å². The zero-order valence-electron chi connectivity index (χ0n) is 16.3. The van der Waals surface area contributed by atoms with E-state index in [-0.39, 0.29) is 22.8 Å². The van der Waals surface area contributed by atoms with Gasteiger partial charge in [-0.05, 0) is 49.6 Å². The summed E-state index contributed by atoms with van der Waals surface area (Å²) in [6, 6.07) is 9.89. The second kappa shape index (κ2) is 8.14. The van der Waals surface area contributed by atoms with Gasteiger partial charge in [-0.3, -0.25) is 14.0 Å². The third kappa shape index (κ3) is 4.69. The highest BCUT2D eigenvalue weighted by Gasteiger charge is 2.18. The van der Waals surface area contributed by atoms with E-state index in [2.05, 4.69) is 9.71 Å². The average molecular weight is 415 g/mol. The Morgan fingerprint density at radius 2 is 1.90 bits per heavy atom. The van der Waals surface area contributed by atoms with Gasteiger partial charge in [0.25, 0.3) is 5.56 Å². The van der Waals surface area contributed by atoms with Crippen LogP contribution in [0.4, 0.5) is 0 Å². The van der Waals surface area contributed by atoms with Crippen molar-refractivity contribution in [3.63, 3.8) is 0 Å². The van der Waals surface area contributed by atoms with Gasteiger partial charge in [0.05, 0.1) is 10.6 Å². The molecule has 0 aliphatic rings. The van der Waals surface area contributed by atoms with E-state index in [4.69, 9.17) is 4.74 Å². The van der Waals surface area contributed by atoms with Crippen LogP contribution < -0.4 is 10.3 Å². The van der Waals surface area contributed by atoms with Crippen molar-refractivity contribution in [2.24, 2.45) is 0 Å². The second-order valence-electron chi connectivity index (χ2n) is 6.72. The number of aryl methyl sites for hydroxylation is 3. The highest BCUT2D eigenvalue weighted by molar-refractivity contribution is 7.89. The van der Waals surface area contributed by atoms with Gasteiger partial charge in [-0.25, -0.2) is 13.4 Å². The van der Waals surface area contributed by atoms with Crippen molar-refractivity contribution in [2.45, 2.75) is 32.3 Å². The number of aromatic nitrogens is 2. The Bertz CT molecular complexity index is 1250. The van der Waals surface area contributed by atoms with E-state index in [0.717, 1.165) is 11.1 Å². The Balaban J connectivity index is 1.66. The molecule has 152 valence electrons. The number of benzene rings is 1. The zero-order valence-corrected chi connectivity index (χ0v) is 17.1. The van der Waals surface area contributed by atoms with Crippen molar-refractivity contribution < 1.29 is 17.9 Å². The fraction of sp³-hybridized carbons (Fsp3) is 0.250. The van der Waals surface area contributed by atoms with Crippen molar-refractivity contribution in [2.75, 3.05) is 6.54 Å². The molecule has 0 fully saturated rings. The number of ether oxygens (including phenoxy) is 1. The van der Waals surface area contributed by atoms with E-state index in [1.807, 2.05) is 19.1 Å². The van der Waals surface area contributed by atoms with E-state index < -0.39 is 22.5 Å². The molecular formula is C20H21N3O5S. The summed E-state index contributed by atoms with van der Waals surface area (Å²) in [7, 11) is -3.85. The first kappa shape index (κ1) is 20.7. The summed E-state index contributed by atoms with van der Waals surface area (Å²) in [5.41, 5.74) is 2.64. The lowest BCUT2D eigenvalue weighted by atomic mass is 10.2. The van der Waals surface area contributed by atoms with E-state index in [0.29, 0.717) is 11.2 Å². The number of rotatable bonds is 6. The molecule has 0 bridgehead atoms. The van der Waals surface area contributed by atoms with Crippen LogP contribution in [0.5, 0.6) is 0 Å². The molecule has 1 N–H and O–H groups in total. The van der Waals surface area contributed by atoms with Crippen LogP contribution in [0.25, 0.3) is 5.65 Å². The Morgan fingerprint density at radius 1 is 1.14 bits per heavy atom. The number of hydrogen-bond donors (Lipinski definition) is 1. The normalized spacial score (nSPS) is 11.6. The molecule has 0 amide bonds. The maximum Gasteiger partial charge on any atom is 0.321 e. The summed E-state index contributed by atoms with van der Waals surface area (Å²) in [5, 5.41) is 0. The predicted molar refractivity (Wildman–Crippen MR) is 107 cm³/mol. The van der Waals surface area contributed by atoms with Gasteiger partial charge in [-0.15, -0.1) is 0 Å². The van der Waals surface area contributed by atoms with Crippen LogP contribution >= 0.6 is 0 Å². The Labute approximate surface area is 168 Å². The Hall–Kier alpha value is -3.04. The molecule has 0 saturated heterocycles. The average Bonchev–Trinajstić information content (AvgIpc) is 2.67. The van der Waals surface area contributed by atoms with Crippen LogP contribution in [-0.4, -0.2) is 30.3 Å². The molecule has 1 aromatic carbocycles. The van der Waals surface area contributed by atoms with Crippen LogP contribution in [0.2, 0.25) is 0 Å². The Kier molecular flexibility index (Phi) is 5.81. The summed E-state index contributed by atoms with van der Waals surface area (Å²) >= 11 is 0. The summed E-state index contributed by atoms with van der Waals surface area (Å²) in [6.07, 6.45) is 1.61. The van der Waals surface area contributed by atoms with Crippen LogP contribution in [0, 0.1) is 20.8 Å². The monoisotopic (exact) mass is 415 g/mol. The lowest BCUT2D eigenvalue weighted by Gasteiger charge is -2.10. The number of nitrogens with zero attached hydrogens (tertiary/aromatic N) is 2. The van der Waals surface area contributed by atoms with E-state index >= 15 is 0 Å². The quantitative estimate of drug-likeness (QED) is 0.614. The van der Waals surface area contributed by atoms with Crippen LogP contribution in [-0.2, 0) is 26.2 Å². The van der Waals surface area contributed by atoms with Crippen LogP contribution in [0.3, 0.4) is 0 Å². The maximum absolute atomic E-state index is 12.4. The maximum atomic E-state index is 12.4. The minimum Gasteiger partial charge on any atom is -0.458 e. The van der Waals surface area contributed by atoms with E-state index in [1.165, 1.54) is 16.5 Å². The third-order valence-electron chi connectivity index (χ3n) is 4.36. The molecule has 8 nitrogen and oxygen atoms in total. The number of sulfonamides is 1. The number of hydrogen-bond acceptors (Lipinski definition) is 6. The number of carbonyl (C=O) groups is 1. The van der Waals surface area contributed by atoms with Crippen molar-refractivity contribution in [3.8, 4) is 0 Å². The molecule has 0 saturated carbocycles. The molecule has 0 atom stereocenters. The fourth-order valence-corrected chi connectivity index (χ4v) is 4.11. The molecule has 0 unspecified atom stereocenters. The van der Waals surface area contributed by atoms with Gasteiger partial charge in [0.2, 0.25) is 10.0 Å². The van der Waals surface area contributed by atoms with E-state index in [9.17, 15) is 18.0 Å². The first-order valence-electron chi connectivity index (χ1n) is 8.88. The molecule has 9 heteroatoms. The summed E-state index contributed by atoms with van der Waals surface area (Å²) < 4.78 is 33.6. The summed E-state index contributed by atoms with van der Waals surface area (Å²) in [6.45, 7) is 4.52. The Morgan fingerprint density at radius 3 is 2.66 bits per heavy atom. The number of esters is 1. The van der Waals surface area contributed by atoms with Gasteiger partial charge in [0, 0.05) is 12.3 Å². The molecule has 2 heterocycles. The van der Waals surface area contributed by atoms with Gasteiger partial charge in [0.15, 0.2) is 0 Å². The standard InChI is InChI=1S/C20H21N3O5S/c1-13-6-7-14(2)17(9-13)29(26,27)21-11-19(25)28-12-16-10-18(24)23-8-4-5-15(3)20(23)22-16/h4-10,21H,11-12H2,1-3H3. The number of pyridine rings is 1. The van der Waals surface area contributed by atoms with Crippen LogP contribution in [0.1, 0.15) is 22.4 Å². The highest BCUT2D eigenvalue weighted by atomic mass is 32.2. The van der Waals surface area contributed by atoms with Gasteiger partial charge in [-0.1, -0.05) is 18.2 Å². The molecule has 29 heavy (non-hydrogen) atoms. The van der Waals surface area contributed by atoms with Crippen molar-refractivity contribution in [3.05, 3.63) is 75.3 Å². The predicted octanol–water partition coefficient (Wildman–Crippen LogP) is 1.64. The van der Waals surface area contributed by atoms with Crippen LogP contribution in [0.15, 0.2) is 52.3 Å². The lowest BCUT2D eigenvalue weighted by Crippen LogP contribution is -2.31. The first-order valence-corrected chi connectivity index (χ1v) is 10.4. The molecule has 0 radical (unpaired) electrons. The second-order valence-corrected chi connectivity index (χ2v) is 8.46. The molecule has 0 spiro atoms. The smallest absolute Gasteiger partial charge is 0.321 e. The highest BCUT2D eigenvalue weighted by Crippen LogP contribution is 2.16. The molecule has 3 rings (SSSR count). The van der Waals surface area contributed by atoms with Crippen molar-refractivity contribution >= 4 is 21.6 Å². The minimum atomic E-state index is -3.85. The molecule has 0 aliphatic heterocycles. The van der Waals surface area contributed by atoms with Gasteiger partial charge >= 0.3 is 5.97 Å². The molecular weight excluding hydrogens is 394 g/mol. The van der Waals surface area contributed by atoms with E-state index in [1.54, 1.807) is 32.2 Å². The molecule has 3 aromatic rings.